The van der Waals surface area contributed by atoms with Crippen LogP contribution in [-0.4, -0.2) is 27.8 Å². The first-order valence-electron chi connectivity index (χ1n) is 7.66. The van der Waals surface area contributed by atoms with Gasteiger partial charge in [-0.3, -0.25) is 14.2 Å². The molecule has 112 valence electrons. The highest BCUT2D eigenvalue weighted by Gasteiger charge is 2.25. The molecule has 5 heteroatoms. The van der Waals surface area contributed by atoms with Crippen LogP contribution in [-0.2, 0) is 17.6 Å². The van der Waals surface area contributed by atoms with E-state index in [9.17, 15) is 9.59 Å². The molecule has 0 saturated carbocycles. The second-order valence-corrected chi connectivity index (χ2v) is 5.92. The predicted octanol–water partition coefficient (Wildman–Crippen LogP) is 2.30. The van der Waals surface area contributed by atoms with Gasteiger partial charge in [-0.15, -0.1) is 0 Å². The third-order valence-corrected chi connectivity index (χ3v) is 4.54. The number of fused-ring (bicyclic) bond motifs is 2. The Balaban J connectivity index is 1.78. The van der Waals surface area contributed by atoms with E-state index in [1.807, 2.05) is 16.7 Å². The SMILES string of the molecule is CC(=O)N1CCc2cc(-n3cnc4c3C(=O)CCC4)ccc21. The summed E-state index contributed by atoms with van der Waals surface area (Å²) in [6, 6.07) is 6.00. The number of carbonyl (C=O) groups is 2. The van der Waals surface area contributed by atoms with Gasteiger partial charge >= 0.3 is 0 Å². The molecule has 1 aliphatic carbocycles. The molecular formula is C17H17N3O2. The van der Waals surface area contributed by atoms with Gasteiger partial charge in [0.2, 0.25) is 5.91 Å². The number of anilines is 1. The smallest absolute Gasteiger partial charge is 0.223 e. The maximum absolute atomic E-state index is 12.2. The lowest BCUT2D eigenvalue weighted by molar-refractivity contribution is -0.116. The number of amides is 1. The van der Waals surface area contributed by atoms with Crippen LogP contribution in [0.3, 0.4) is 0 Å². The second-order valence-electron chi connectivity index (χ2n) is 5.92. The molecule has 2 heterocycles. The number of aromatic nitrogens is 2. The van der Waals surface area contributed by atoms with Gasteiger partial charge in [0, 0.05) is 31.3 Å². The van der Waals surface area contributed by atoms with E-state index in [-0.39, 0.29) is 11.7 Å². The number of imidazole rings is 1. The van der Waals surface area contributed by atoms with E-state index >= 15 is 0 Å². The molecule has 0 spiro atoms. The van der Waals surface area contributed by atoms with Gasteiger partial charge in [0.25, 0.3) is 0 Å². The van der Waals surface area contributed by atoms with Crippen LogP contribution in [0.4, 0.5) is 5.69 Å². The Morgan fingerprint density at radius 1 is 1.23 bits per heavy atom. The molecule has 1 amide bonds. The van der Waals surface area contributed by atoms with Crippen molar-refractivity contribution in [3.63, 3.8) is 0 Å². The van der Waals surface area contributed by atoms with Gasteiger partial charge < -0.3 is 4.90 Å². The molecule has 0 radical (unpaired) electrons. The average molecular weight is 295 g/mol. The summed E-state index contributed by atoms with van der Waals surface area (Å²) in [6.07, 6.45) is 4.96. The van der Waals surface area contributed by atoms with Crippen LogP contribution in [0.2, 0.25) is 0 Å². The number of rotatable bonds is 1. The van der Waals surface area contributed by atoms with Gasteiger partial charge in [0.1, 0.15) is 12.0 Å². The summed E-state index contributed by atoms with van der Waals surface area (Å²) >= 11 is 0. The molecule has 0 bridgehead atoms. The highest BCUT2D eigenvalue weighted by Crippen LogP contribution is 2.31. The lowest BCUT2D eigenvalue weighted by Gasteiger charge is -2.16. The van der Waals surface area contributed by atoms with Crippen molar-refractivity contribution in [1.82, 2.24) is 9.55 Å². The van der Waals surface area contributed by atoms with E-state index in [1.165, 1.54) is 0 Å². The van der Waals surface area contributed by atoms with E-state index in [0.717, 1.165) is 54.1 Å². The van der Waals surface area contributed by atoms with Crippen molar-refractivity contribution in [3.8, 4) is 5.69 Å². The topological polar surface area (TPSA) is 55.2 Å². The number of benzene rings is 1. The lowest BCUT2D eigenvalue weighted by atomic mass is 9.99. The highest BCUT2D eigenvalue weighted by molar-refractivity contribution is 5.97. The normalized spacial score (nSPS) is 16.6. The fourth-order valence-electron chi connectivity index (χ4n) is 3.46. The summed E-state index contributed by atoms with van der Waals surface area (Å²) in [5.74, 6) is 0.242. The van der Waals surface area contributed by atoms with Crippen molar-refractivity contribution in [1.29, 1.82) is 0 Å². The van der Waals surface area contributed by atoms with E-state index in [1.54, 1.807) is 18.2 Å². The number of hydrogen-bond acceptors (Lipinski definition) is 3. The molecule has 0 N–H and O–H groups in total. The first-order chi connectivity index (χ1) is 10.6. The molecule has 22 heavy (non-hydrogen) atoms. The molecule has 0 unspecified atom stereocenters. The highest BCUT2D eigenvalue weighted by atomic mass is 16.2. The molecule has 0 fully saturated rings. The maximum Gasteiger partial charge on any atom is 0.223 e. The van der Waals surface area contributed by atoms with Crippen LogP contribution >= 0.6 is 0 Å². The Hall–Kier alpha value is -2.43. The number of aryl methyl sites for hydroxylation is 1. The zero-order chi connectivity index (χ0) is 15.3. The van der Waals surface area contributed by atoms with Crippen LogP contribution < -0.4 is 4.90 Å². The van der Waals surface area contributed by atoms with Crippen LogP contribution in [0, 0.1) is 0 Å². The predicted molar refractivity (Wildman–Crippen MR) is 82.6 cm³/mol. The number of ketones is 1. The molecule has 4 rings (SSSR count). The summed E-state index contributed by atoms with van der Waals surface area (Å²) in [7, 11) is 0. The summed E-state index contributed by atoms with van der Waals surface area (Å²) in [4.78, 5) is 30.0. The lowest BCUT2D eigenvalue weighted by Crippen LogP contribution is -2.25. The Bertz CT molecular complexity index is 791. The molecule has 1 aliphatic heterocycles. The molecule has 1 aromatic carbocycles. The van der Waals surface area contributed by atoms with Gasteiger partial charge in [-0.1, -0.05) is 0 Å². The fourth-order valence-corrected chi connectivity index (χ4v) is 3.46. The summed E-state index contributed by atoms with van der Waals surface area (Å²) < 4.78 is 1.90. The molecule has 0 saturated heterocycles. The van der Waals surface area contributed by atoms with Crippen molar-refractivity contribution < 1.29 is 9.59 Å². The molecule has 2 aliphatic rings. The molecule has 5 nitrogen and oxygen atoms in total. The Labute approximate surface area is 128 Å². The van der Waals surface area contributed by atoms with Crippen molar-refractivity contribution in [2.24, 2.45) is 0 Å². The van der Waals surface area contributed by atoms with Crippen LogP contribution in [0.15, 0.2) is 24.5 Å². The minimum Gasteiger partial charge on any atom is -0.312 e. The van der Waals surface area contributed by atoms with Crippen LogP contribution in [0.25, 0.3) is 5.69 Å². The summed E-state index contributed by atoms with van der Waals surface area (Å²) in [5, 5.41) is 0. The van der Waals surface area contributed by atoms with Gasteiger partial charge in [-0.2, -0.15) is 0 Å². The minimum atomic E-state index is 0.0710. The average Bonchev–Trinajstić information content (AvgIpc) is 3.11. The molecule has 2 aromatic rings. The first kappa shape index (κ1) is 13.2. The molecule has 0 atom stereocenters. The van der Waals surface area contributed by atoms with Crippen molar-refractivity contribution >= 4 is 17.4 Å². The van der Waals surface area contributed by atoms with Crippen molar-refractivity contribution in [3.05, 3.63) is 41.5 Å². The van der Waals surface area contributed by atoms with E-state index in [2.05, 4.69) is 11.1 Å². The number of hydrogen-bond donors (Lipinski definition) is 0. The van der Waals surface area contributed by atoms with Crippen molar-refractivity contribution in [2.45, 2.75) is 32.6 Å². The van der Waals surface area contributed by atoms with Gasteiger partial charge in [0.15, 0.2) is 5.78 Å². The fraction of sp³-hybridized carbons (Fsp3) is 0.353. The largest absolute Gasteiger partial charge is 0.312 e. The summed E-state index contributed by atoms with van der Waals surface area (Å²) in [5.41, 5.74) is 4.72. The van der Waals surface area contributed by atoms with E-state index < -0.39 is 0 Å². The number of nitrogens with zero attached hydrogens (tertiary/aromatic N) is 3. The minimum absolute atomic E-state index is 0.0710. The van der Waals surface area contributed by atoms with E-state index in [0.29, 0.717) is 6.42 Å². The van der Waals surface area contributed by atoms with E-state index in [4.69, 9.17) is 0 Å². The zero-order valence-electron chi connectivity index (χ0n) is 12.5. The number of Topliss-reactive ketones (excluding diaryl/α,β-unsaturated/α-hetero) is 1. The summed E-state index contributed by atoms with van der Waals surface area (Å²) in [6.45, 7) is 2.32. The van der Waals surface area contributed by atoms with Crippen LogP contribution in [0.1, 0.15) is 41.5 Å². The second kappa shape index (κ2) is 4.80. The van der Waals surface area contributed by atoms with Crippen LogP contribution in [0.5, 0.6) is 0 Å². The zero-order valence-corrected chi connectivity index (χ0v) is 12.5. The van der Waals surface area contributed by atoms with Gasteiger partial charge in [-0.25, -0.2) is 4.98 Å². The van der Waals surface area contributed by atoms with Gasteiger partial charge in [-0.05, 0) is 43.0 Å². The molecular weight excluding hydrogens is 278 g/mol. The third-order valence-electron chi connectivity index (χ3n) is 4.54. The quantitative estimate of drug-likeness (QED) is 0.811. The molecule has 1 aromatic heterocycles. The monoisotopic (exact) mass is 295 g/mol. The maximum atomic E-state index is 12.2. The van der Waals surface area contributed by atoms with Gasteiger partial charge in [0.05, 0.1) is 5.69 Å². The first-order valence-corrected chi connectivity index (χ1v) is 7.66. The third kappa shape index (κ3) is 1.89. The Morgan fingerprint density at radius 2 is 2.09 bits per heavy atom. The van der Waals surface area contributed by atoms with Crippen molar-refractivity contribution in [2.75, 3.05) is 11.4 Å². The Morgan fingerprint density at radius 3 is 2.91 bits per heavy atom. The Kier molecular flexibility index (Phi) is 2.89. The number of carbonyl (C=O) groups excluding carboxylic acids is 2. The standard InChI is InChI=1S/C17H17N3O2/c1-11(21)19-8-7-12-9-13(5-6-15(12)19)20-10-18-14-3-2-4-16(22)17(14)20/h5-6,9-10H,2-4,7-8H2,1H3.